The monoisotopic (exact) mass is 274 g/mol. The lowest BCUT2D eigenvalue weighted by atomic mass is 10.1. The molecule has 0 fully saturated rings. The lowest BCUT2D eigenvalue weighted by molar-refractivity contribution is 0.756. The van der Waals surface area contributed by atoms with Gasteiger partial charge in [0.1, 0.15) is 0 Å². The van der Waals surface area contributed by atoms with Gasteiger partial charge in [-0.15, -0.1) is 0 Å². The van der Waals surface area contributed by atoms with Gasteiger partial charge in [0.2, 0.25) is 0 Å². The van der Waals surface area contributed by atoms with Crippen molar-refractivity contribution in [3.05, 3.63) is 41.2 Å². The molecular formula is C14H18N4S. The summed E-state index contributed by atoms with van der Waals surface area (Å²) in [5, 5.41) is 11.2. The van der Waals surface area contributed by atoms with Crippen molar-refractivity contribution < 1.29 is 0 Å². The van der Waals surface area contributed by atoms with Gasteiger partial charge in [-0.2, -0.15) is 5.10 Å². The van der Waals surface area contributed by atoms with E-state index < -0.39 is 0 Å². The lowest BCUT2D eigenvalue weighted by Gasteiger charge is -2.13. The first kappa shape index (κ1) is 13.5. The van der Waals surface area contributed by atoms with Crippen LogP contribution in [0.25, 0.3) is 0 Å². The molecule has 4 nitrogen and oxygen atoms in total. The number of aryl methyl sites for hydroxylation is 3. The summed E-state index contributed by atoms with van der Waals surface area (Å²) in [5.74, 6) is 0. The SMILES string of the molecule is Cc1cccc(NC(=S)Nc2cn(C)nc2C)c1C. The number of nitrogens with zero attached hydrogens (tertiary/aromatic N) is 2. The summed E-state index contributed by atoms with van der Waals surface area (Å²) in [6, 6.07) is 6.12. The fourth-order valence-electron chi connectivity index (χ4n) is 1.88. The third-order valence-electron chi connectivity index (χ3n) is 3.11. The first-order valence-corrected chi connectivity index (χ1v) is 6.52. The molecule has 5 heteroatoms. The highest BCUT2D eigenvalue weighted by molar-refractivity contribution is 7.80. The summed E-state index contributed by atoms with van der Waals surface area (Å²) >= 11 is 5.33. The Morgan fingerprint density at radius 2 is 1.84 bits per heavy atom. The van der Waals surface area contributed by atoms with Crippen LogP contribution in [0.15, 0.2) is 24.4 Å². The minimum atomic E-state index is 0.574. The van der Waals surface area contributed by atoms with Crippen molar-refractivity contribution in [2.75, 3.05) is 10.6 Å². The van der Waals surface area contributed by atoms with Crippen LogP contribution in [0, 0.1) is 20.8 Å². The van der Waals surface area contributed by atoms with Crippen LogP contribution in [0.5, 0.6) is 0 Å². The van der Waals surface area contributed by atoms with E-state index in [2.05, 4.69) is 35.6 Å². The normalized spacial score (nSPS) is 10.3. The van der Waals surface area contributed by atoms with Crippen LogP contribution in [-0.4, -0.2) is 14.9 Å². The summed E-state index contributed by atoms with van der Waals surface area (Å²) < 4.78 is 1.76. The summed E-state index contributed by atoms with van der Waals surface area (Å²) in [5.41, 5.74) is 5.32. The Balaban J connectivity index is 2.10. The zero-order valence-electron chi connectivity index (χ0n) is 11.6. The van der Waals surface area contributed by atoms with Crippen molar-refractivity contribution in [1.82, 2.24) is 9.78 Å². The smallest absolute Gasteiger partial charge is 0.175 e. The first-order chi connectivity index (χ1) is 8.97. The number of hydrogen-bond acceptors (Lipinski definition) is 2. The van der Waals surface area contributed by atoms with Gasteiger partial charge in [-0.05, 0) is 50.2 Å². The predicted octanol–water partition coefficient (Wildman–Crippen LogP) is 3.15. The number of benzene rings is 1. The quantitative estimate of drug-likeness (QED) is 0.826. The molecule has 2 N–H and O–H groups in total. The molecule has 2 aromatic rings. The van der Waals surface area contributed by atoms with Crippen LogP contribution in [0.4, 0.5) is 11.4 Å². The van der Waals surface area contributed by atoms with E-state index in [0.717, 1.165) is 17.1 Å². The van der Waals surface area contributed by atoms with Crippen molar-refractivity contribution in [3.8, 4) is 0 Å². The van der Waals surface area contributed by atoms with Crippen LogP contribution in [0.2, 0.25) is 0 Å². The van der Waals surface area contributed by atoms with Crippen molar-refractivity contribution in [1.29, 1.82) is 0 Å². The van der Waals surface area contributed by atoms with Crippen LogP contribution in [0.1, 0.15) is 16.8 Å². The number of rotatable bonds is 2. The van der Waals surface area contributed by atoms with E-state index in [0.29, 0.717) is 5.11 Å². The van der Waals surface area contributed by atoms with Gasteiger partial charge in [0.05, 0.1) is 11.4 Å². The maximum Gasteiger partial charge on any atom is 0.175 e. The Labute approximate surface area is 118 Å². The Kier molecular flexibility index (Phi) is 3.85. The second kappa shape index (κ2) is 5.40. The van der Waals surface area contributed by atoms with E-state index in [-0.39, 0.29) is 0 Å². The van der Waals surface area contributed by atoms with Crippen molar-refractivity contribution in [3.63, 3.8) is 0 Å². The van der Waals surface area contributed by atoms with Crippen LogP contribution in [0.3, 0.4) is 0 Å². The second-order valence-electron chi connectivity index (χ2n) is 4.63. The molecule has 0 radical (unpaired) electrons. The van der Waals surface area contributed by atoms with E-state index in [1.165, 1.54) is 11.1 Å². The molecule has 0 bridgehead atoms. The van der Waals surface area contributed by atoms with E-state index in [1.807, 2.05) is 32.3 Å². The molecule has 0 saturated heterocycles. The zero-order valence-corrected chi connectivity index (χ0v) is 12.4. The summed E-state index contributed by atoms with van der Waals surface area (Å²) in [4.78, 5) is 0. The molecule has 0 aliphatic rings. The topological polar surface area (TPSA) is 41.9 Å². The fourth-order valence-corrected chi connectivity index (χ4v) is 2.10. The Hall–Kier alpha value is -1.88. The van der Waals surface area contributed by atoms with E-state index in [9.17, 15) is 0 Å². The summed E-state index contributed by atoms with van der Waals surface area (Å²) in [7, 11) is 1.89. The average molecular weight is 274 g/mol. The average Bonchev–Trinajstić information content (AvgIpc) is 2.64. The number of hydrogen-bond donors (Lipinski definition) is 2. The van der Waals surface area contributed by atoms with Crippen LogP contribution in [-0.2, 0) is 7.05 Å². The molecule has 1 aromatic carbocycles. The van der Waals surface area contributed by atoms with E-state index in [4.69, 9.17) is 12.2 Å². The maximum absolute atomic E-state index is 5.33. The van der Waals surface area contributed by atoms with Crippen LogP contribution < -0.4 is 10.6 Å². The van der Waals surface area contributed by atoms with Gasteiger partial charge in [-0.25, -0.2) is 0 Å². The molecular weight excluding hydrogens is 256 g/mol. The Morgan fingerprint density at radius 3 is 2.47 bits per heavy atom. The molecule has 0 unspecified atom stereocenters. The fraction of sp³-hybridized carbons (Fsp3) is 0.286. The molecule has 1 aromatic heterocycles. The van der Waals surface area contributed by atoms with E-state index in [1.54, 1.807) is 4.68 Å². The highest BCUT2D eigenvalue weighted by Gasteiger charge is 2.06. The molecule has 1 heterocycles. The van der Waals surface area contributed by atoms with Gasteiger partial charge in [0, 0.05) is 18.9 Å². The minimum Gasteiger partial charge on any atom is -0.332 e. The van der Waals surface area contributed by atoms with Crippen molar-refractivity contribution in [2.24, 2.45) is 7.05 Å². The molecule has 0 amide bonds. The molecule has 0 spiro atoms. The third-order valence-corrected chi connectivity index (χ3v) is 3.32. The van der Waals surface area contributed by atoms with Crippen LogP contribution >= 0.6 is 12.2 Å². The van der Waals surface area contributed by atoms with Crippen molar-refractivity contribution >= 4 is 28.7 Å². The number of aromatic nitrogens is 2. The largest absolute Gasteiger partial charge is 0.332 e. The molecule has 0 aliphatic carbocycles. The molecule has 0 aliphatic heterocycles. The second-order valence-corrected chi connectivity index (χ2v) is 5.04. The Bertz CT molecular complexity index is 616. The number of nitrogens with one attached hydrogen (secondary N) is 2. The van der Waals surface area contributed by atoms with Gasteiger partial charge in [0.15, 0.2) is 5.11 Å². The first-order valence-electron chi connectivity index (χ1n) is 6.12. The highest BCUT2D eigenvalue weighted by Crippen LogP contribution is 2.19. The Morgan fingerprint density at radius 1 is 1.16 bits per heavy atom. The summed E-state index contributed by atoms with van der Waals surface area (Å²) in [6.45, 7) is 6.11. The van der Waals surface area contributed by atoms with Gasteiger partial charge >= 0.3 is 0 Å². The molecule has 0 atom stereocenters. The maximum atomic E-state index is 5.33. The lowest BCUT2D eigenvalue weighted by Crippen LogP contribution is -2.20. The highest BCUT2D eigenvalue weighted by atomic mass is 32.1. The standard InChI is InChI=1S/C14H18N4S/c1-9-6-5-7-12(10(9)2)15-14(19)16-13-8-18(4)17-11(13)3/h5-8H,1-4H3,(H2,15,16,19). The number of anilines is 2. The molecule has 100 valence electrons. The number of thiocarbonyl (C=S) groups is 1. The van der Waals surface area contributed by atoms with Gasteiger partial charge in [-0.1, -0.05) is 12.1 Å². The summed E-state index contributed by atoms with van der Waals surface area (Å²) in [6.07, 6.45) is 1.91. The van der Waals surface area contributed by atoms with Gasteiger partial charge in [-0.3, -0.25) is 4.68 Å². The van der Waals surface area contributed by atoms with Gasteiger partial charge < -0.3 is 10.6 Å². The molecule has 19 heavy (non-hydrogen) atoms. The van der Waals surface area contributed by atoms with Gasteiger partial charge in [0.25, 0.3) is 0 Å². The zero-order chi connectivity index (χ0) is 14.0. The molecule has 2 rings (SSSR count). The molecule has 0 saturated carbocycles. The third kappa shape index (κ3) is 3.12. The van der Waals surface area contributed by atoms with E-state index >= 15 is 0 Å². The predicted molar refractivity (Wildman–Crippen MR) is 83.7 cm³/mol. The van der Waals surface area contributed by atoms with Crippen molar-refractivity contribution in [2.45, 2.75) is 20.8 Å². The minimum absolute atomic E-state index is 0.574.